The Hall–Kier alpha value is 1.62. The van der Waals surface area contributed by atoms with Gasteiger partial charge in [-0.3, -0.25) is 0 Å². The molecule has 0 radical (unpaired) electrons. The number of rotatable bonds is 6. The molecule has 12 nitrogen and oxygen atoms in total. The molecular formula is C12H39FO12Si10. The largest absolute Gasteiger partial charge is 0.694 e. The molecule has 0 aromatic heterocycles. The smallest absolute Gasteiger partial charge is 0.420 e. The Balaban J connectivity index is 2.21. The van der Waals surface area contributed by atoms with Crippen LogP contribution in [0, 0.1) is 0 Å². The Bertz CT molecular complexity index is 661. The van der Waals surface area contributed by atoms with Crippen LogP contribution in [0.5, 0.6) is 0 Å². The normalized spacial score (nSPS) is 49.0. The first kappa shape index (κ1) is 31.2. The number of fused-ring (bicyclic) bond motifs is 3. The summed E-state index contributed by atoms with van der Waals surface area (Å²) in [6.07, 6.45) is 0. The molecule has 0 N–H and O–H groups in total. The summed E-state index contributed by atoms with van der Waals surface area (Å²) in [5.41, 5.74) is 0. The molecule has 0 spiro atoms. The lowest BCUT2D eigenvalue weighted by Gasteiger charge is -2.54. The van der Waals surface area contributed by atoms with Gasteiger partial charge in [0.15, 0.2) is 27.1 Å². The Kier molecular flexibility index (Phi) is 9.10. The summed E-state index contributed by atoms with van der Waals surface area (Å²) in [7, 11) is -32.4. The SMILES string of the molecule is C[SiH](C)O[Si]1(C)O[Si]2(C)O[Si](C)(O[SiH](C)C)O[Si]3(C)O[Si](C)(O2)O[Si](C)(O1)O[Si](F)(O[SiH](C)C)O3. The Morgan fingerprint density at radius 3 is 0.971 bits per heavy atom. The van der Waals surface area contributed by atoms with Crippen molar-refractivity contribution in [3.8, 4) is 0 Å². The van der Waals surface area contributed by atoms with Gasteiger partial charge in [0.05, 0.1) is 0 Å². The van der Waals surface area contributed by atoms with E-state index >= 15 is 4.11 Å². The predicted octanol–water partition coefficient (Wildman–Crippen LogP) is 1.99. The minimum absolute atomic E-state index is 1.56. The van der Waals surface area contributed by atoms with Crippen molar-refractivity contribution in [1.29, 1.82) is 0 Å². The van der Waals surface area contributed by atoms with Crippen LogP contribution >= 0.6 is 0 Å². The zero-order valence-corrected chi connectivity index (χ0v) is 33.0. The minimum Gasteiger partial charge on any atom is -0.420 e. The molecule has 3 heterocycles. The van der Waals surface area contributed by atoms with Crippen molar-refractivity contribution in [2.24, 2.45) is 0 Å². The first-order valence-electron chi connectivity index (χ1n) is 11.6. The van der Waals surface area contributed by atoms with Gasteiger partial charge in [-0.05, 0) is 39.3 Å². The summed E-state index contributed by atoms with van der Waals surface area (Å²) in [6.45, 7) is 21.5. The molecule has 4 unspecified atom stereocenters. The average Bonchev–Trinajstić information content (AvgIpc) is 2.43. The van der Waals surface area contributed by atoms with Crippen molar-refractivity contribution in [3.63, 3.8) is 0 Å². The fourth-order valence-electron chi connectivity index (χ4n) is 4.39. The second-order valence-corrected chi connectivity index (χ2v) is 37.9. The van der Waals surface area contributed by atoms with Crippen molar-refractivity contribution in [2.75, 3.05) is 0 Å². The molecule has 3 fully saturated rings. The fourth-order valence-corrected chi connectivity index (χ4v) is 47.8. The van der Waals surface area contributed by atoms with Gasteiger partial charge >= 0.3 is 62.0 Å². The van der Waals surface area contributed by atoms with Crippen molar-refractivity contribution < 1.29 is 53.5 Å². The van der Waals surface area contributed by atoms with Crippen molar-refractivity contribution in [1.82, 2.24) is 0 Å². The fraction of sp³-hybridized carbons (Fsp3) is 1.00. The van der Waals surface area contributed by atoms with Crippen LogP contribution in [-0.4, -0.2) is 89.1 Å². The van der Waals surface area contributed by atoms with Gasteiger partial charge in [-0.15, -0.1) is 0 Å². The van der Waals surface area contributed by atoms with E-state index in [1.54, 1.807) is 39.3 Å². The molecule has 3 saturated heterocycles. The van der Waals surface area contributed by atoms with Crippen LogP contribution in [0.1, 0.15) is 0 Å². The summed E-state index contributed by atoms with van der Waals surface area (Å²) in [6, 6.07) is 0. The number of hydrogen-bond donors (Lipinski definition) is 0. The molecular weight excluding hydrogens is 636 g/mol. The highest BCUT2D eigenvalue weighted by molar-refractivity contribution is 6.98. The molecule has 0 aromatic carbocycles. The number of halogens is 1. The third-order valence-corrected chi connectivity index (χ3v) is 40.4. The van der Waals surface area contributed by atoms with E-state index in [-0.39, 0.29) is 0 Å². The summed E-state index contributed by atoms with van der Waals surface area (Å²) in [5.74, 6) is 0. The van der Waals surface area contributed by atoms with Crippen molar-refractivity contribution in [3.05, 3.63) is 0 Å². The lowest BCUT2D eigenvalue weighted by molar-refractivity contribution is 0.0140. The molecule has 3 aliphatic heterocycles. The first-order valence-corrected chi connectivity index (χ1v) is 34.9. The Labute approximate surface area is 220 Å². The van der Waals surface area contributed by atoms with Crippen LogP contribution in [0.4, 0.5) is 4.11 Å². The van der Waals surface area contributed by atoms with Gasteiger partial charge in [0.25, 0.3) is 0 Å². The Morgan fingerprint density at radius 2 is 0.686 bits per heavy atom. The van der Waals surface area contributed by atoms with Crippen LogP contribution in [-0.2, 0) is 49.4 Å². The predicted molar refractivity (Wildman–Crippen MR) is 146 cm³/mol. The highest BCUT2D eigenvalue weighted by atomic mass is 28.6. The summed E-state index contributed by atoms with van der Waals surface area (Å²) in [5, 5.41) is 0. The van der Waals surface area contributed by atoms with Gasteiger partial charge in [-0.25, -0.2) is 4.11 Å². The summed E-state index contributed by atoms with van der Waals surface area (Å²) in [4.78, 5) is 0. The zero-order valence-electron chi connectivity index (χ0n) is 22.5. The van der Waals surface area contributed by atoms with E-state index in [2.05, 4.69) is 0 Å². The summed E-state index contributed by atoms with van der Waals surface area (Å²) >= 11 is 0. The third-order valence-electron chi connectivity index (χ3n) is 4.49. The molecule has 3 rings (SSSR count). The monoisotopic (exact) mass is 674 g/mol. The van der Waals surface area contributed by atoms with E-state index in [0.717, 1.165) is 0 Å². The molecule has 3 aliphatic rings. The van der Waals surface area contributed by atoms with Gasteiger partial charge in [-0.2, -0.15) is 0 Å². The molecule has 4 bridgehead atoms. The number of hydrogen-bond acceptors (Lipinski definition) is 12. The van der Waals surface area contributed by atoms with E-state index in [4.69, 9.17) is 49.4 Å². The Morgan fingerprint density at radius 1 is 0.429 bits per heavy atom. The second-order valence-electron chi connectivity index (χ2n) is 10.1. The van der Waals surface area contributed by atoms with E-state index in [1.165, 1.54) is 0 Å². The lowest BCUT2D eigenvalue weighted by atomic mass is 11.9. The second kappa shape index (κ2) is 10.2. The van der Waals surface area contributed by atoms with Gasteiger partial charge < -0.3 is 49.4 Å². The maximum atomic E-state index is 16.5. The molecule has 0 amide bonds. The molecule has 0 aromatic rings. The van der Waals surface area contributed by atoms with Crippen molar-refractivity contribution >= 4 is 89.1 Å². The van der Waals surface area contributed by atoms with Crippen LogP contribution < -0.4 is 0 Å². The van der Waals surface area contributed by atoms with Gasteiger partial charge in [0.2, 0.25) is 0 Å². The topological polar surface area (TPSA) is 111 Å². The van der Waals surface area contributed by atoms with Crippen LogP contribution in [0.15, 0.2) is 0 Å². The maximum Gasteiger partial charge on any atom is 0.694 e. The first-order chi connectivity index (χ1) is 15.6. The average molecular weight is 675 g/mol. The minimum atomic E-state index is -4.88. The van der Waals surface area contributed by atoms with Gasteiger partial charge in [0, 0.05) is 39.3 Å². The quantitative estimate of drug-likeness (QED) is 0.304. The van der Waals surface area contributed by atoms with E-state index in [9.17, 15) is 0 Å². The van der Waals surface area contributed by atoms with Gasteiger partial charge in [-0.1, -0.05) is 0 Å². The van der Waals surface area contributed by atoms with Gasteiger partial charge in [0.1, 0.15) is 0 Å². The standard InChI is InChI=1S/C12H39FO12Si10/c1-26(2)14-29(7)17-31(9)18-30(8,15-27(3)4)20-34(12)23-32(10,21-31)22-33(11,19-29)24-35(13,25-34)16-28(5)6/h26-28H,1-12H3. The molecule has 23 heteroatoms. The lowest BCUT2D eigenvalue weighted by Crippen LogP contribution is -2.80. The zero-order chi connectivity index (χ0) is 26.7. The molecule has 0 aliphatic carbocycles. The highest BCUT2D eigenvalue weighted by Crippen LogP contribution is 2.42. The van der Waals surface area contributed by atoms with Crippen LogP contribution in [0.2, 0.25) is 78.6 Å². The van der Waals surface area contributed by atoms with E-state index < -0.39 is 89.1 Å². The van der Waals surface area contributed by atoms with E-state index in [0.29, 0.717) is 0 Å². The molecule has 0 saturated carbocycles. The third kappa shape index (κ3) is 8.07. The van der Waals surface area contributed by atoms with Crippen LogP contribution in [0.3, 0.4) is 0 Å². The molecule has 35 heavy (non-hydrogen) atoms. The van der Waals surface area contributed by atoms with Crippen molar-refractivity contribution in [2.45, 2.75) is 78.6 Å². The maximum absolute atomic E-state index is 16.5. The van der Waals surface area contributed by atoms with Crippen LogP contribution in [0.25, 0.3) is 0 Å². The molecule has 4 atom stereocenters. The summed E-state index contributed by atoms with van der Waals surface area (Å²) < 4.78 is 92.1. The highest BCUT2D eigenvalue weighted by Gasteiger charge is 2.74. The van der Waals surface area contributed by atoms with E-state index in [1.807, 2.05) is 39.3 Å². The molecule has 206 valence electrons.